The van der Waals surface area contributed by atoms with E-state index < -0.39 is 0 Å². The van der Waals surface area contributed by atoms with E-state index in [9.17, 15) is 0 Å². The van der Waals surface area contributed by atoms with Crippen LogP contribution in [0.4, 0.5) is 0 Å². The smallest absolute Gasteiger partial charge is 0.0607 e. The summed E-state index contributed by atoms with van der Waals surface area (Å²) in [4.78, 5) is 12.0. The van der Waals surface area contributed by atoms with Crippen molar-refractivity contribution in [1.29, 1.82) is 0 Å². The first-order valence-corrected chi connectivity index (χ1v) is 10.3. The molecule has 2 heterocycles. The zero-order valence-electron chi connectivity index (χ0n) is 16.1. The Morgan fingerprint density at radius 2 is 1.86 bits per heavy atom. The van der Waals surface area contributed by atoms with Crippen molar-refractivity contribution in [1.82, 2.24) is 14.9 Å². The number of pyridine rings is 2. The van der Waals surface area contributed by atoms with Gasteiger partial charge in [-0.25, -0.2) is 0 Å². The lowest BCUT2D eigenvalue weighted by molar-refractivity contribution is 0.168. The zero-order valence-corrected chi connectivity index (χ0v) is 16.1. The molecule has 4 heteroatoms. The molecule has 0 aliphatic heterocycles. The van der Waals surface area contributed by atoms with Crippen molar-refractivity contribution < 1.29 is 0 Å². The van der Waals surface area contributed by atoms with Gasteiger partial charge in [0.15, 0.2) is 0 Å². The highest BCUT2D eigenvalue weighted by atomic mass is 15.2. The quantitative estimate of drug-likeness (QED) is 0.579. The van der Waals surface area contributed by atoms with Gasteiger partial charge in [0.25, 0.3) is 0 Å². The van der Waals surface area contributed by atoms with Crippen LogP contribution in [-0.4, -0.2) is 28.0 Å². The molecule has 2 N–H and O–H groups in total. The van der Waals surface area contributed by atoms with E-state index >= 15 is 0 Å². The fraction of sp³-hybridized carbons (Fsp3) is 0.333. The summed E-state index contributed by atoms with van der Waals surface area (Å²) in [7, 11) is 0. The second kappa shape index (κ2) is 7.46. The second-order valence-corrected chi connectivity index (χ2v) is 7.83. The molecule has 0 amide bonds. The van der Waals surface area contributed by atoms with Gasteiger partial charge in [-0.1, -0.05) is 30.3 Å². The summed E-state index contributed by atoms with van der Waals surface area (Å²) in [6.45, 7) is 2.34. The summed E-state index contributed by atoms with van der Waals surface area (Å²) in [6.07, 6.45) is 8.33. The highest BCUT2D eigenvalue weighted by molar-refractivity contribution is 5.77. The molecule has 0 fully saturated rings. The molecule has 0 saturated heterocycles. The number of rotatable bonds is 5. The van der Waals surface area contributed by atoms with Crippen molar-refractivity contribution in [2.24, 2.45) is 5.73 Å². The highest BCUT2D eigenvalue weighted by Gasteiger charge is 2.29. The van der Waals surface area contributed by atoms with Crippen LogP contribution in [0.15, 0.2) is 54.9 Å². The van der Waals surface area contributed by atoms with Gasteiger partial charge in [0.1, 0.15) is 0 Å². The van der Waals surface area contributed by atoms with Gasteiger partial charge in [0.2, 0.25) is 0 Å². The molecule has 1 atom stereocenters. The Balaban J connectivity index is 1.48. The molecule has 2 aliphatic rings. The number of nitrogens with two attached hydrogens (primary N) is 1. The van der Waals surface area contributed by atoms with E-state index in [4.69, 9.17) is 15.7 Å². The SMILES string of the molecule is NCCN(Cc1nccc2c1Cc1ccccc1-2)C1CCCc2cccnc21. The fourth-order valence-corrected chi connectivity index (χ4v) is 4.89. The van der Waals surface area contributed by atoms with E-state index in [-0.39, 0.29) is 0 Å². The summed E-state index contributed by atoms with van der Waals surface area (Å²) in [5, 5.41) is 0. The molecule has 28 heavy (non-hydrogen) atoms. The van der Waals surface area contributed by atoms with Gasteiger partial charge in [-0.15, -0.1) is 0 Å². The number of aromatic nitrogens is 2. The van der Waals surface area contributed by atoms with Crippen LogP contribution in [0.5, 0.6) is 0 Å². The number of fused-ring (bicyclic) bond motifs is 4. The Labute approximate surface area is 166 Å². The van der Waals surface area contributed by atoms with E-state index in [0.29, 0.717) is 12.6 Å². The number of nitrogens with zero attached hydrogens (tertiary/aromatic N) is 3. The van der Waals surface area contributed by atoms with Crippen LogP contribution in [0.3, 0.4) is 0 Å². The van der Waals surface area contributed by atoms with Crippen molar-refractivity contribution in [3.63, 3.8) is 0 Å². The third-order valence-corrected chi connectivity index (χ3v) is 6.20. The Bertz CT molecular complexity index is 997. The normalized spacial score (nSPS) is 17.3. The molecule has 3 aromatic rings. The molecule has 1 aromatic carbocycles. The van der Waals surface area contributed by atoms with Crippen LogP contribution in [-0.2, 0) is 19.4 Å². The summed E-state index contributed by atoms with van der Waals surface area (Å²) in [5.74, 6) is 0. The monoisotopic (exact) mass is 370 g/mol. The Hall–Kier alpha value is -2.56. The number of hydrogen-bond acceptors (Lipinski definition) is 4. The van der Waals surface area contributed by atoms with Gasteiger partial charge in [0.05, 0.1) is 17.4 Å². The molecular weight excluding hydrogens is 344 g/mol. The van der Waals surface area contributed by atoms with Crippen molar-refractivity contribution in [3.05, 3.63) is 82.9 Å². The molecule has 5 rings (SSSR count). The summed E-state index contributed by atoms with van der Waals surface area (Å²) in [6, 6.07) is 15.5. The first-order valence-electron chi connectivity index (χ1n) is 10.3. The van der Waals surface area contributed by atoms with Crippen molar-refractivity contribution in [2.75, 3.05) is 13.1 Å². The largest absolute Gasteiger partial charge is 0.329 e. The molecule has 0 spiro atoms. The molecule has 0 saturated carbocycles. The Kier molecular flexibility index (Phi) is 4.67. The predicted octanol–water partition coefficient (Wildman–Crippen LogP) is 3.89. The van der Waals surface area contributed by atoms with Crippen molar-refractivity contribution in [2.45, 2.75) is 38.3 Å². The minimum absolute atomic E-state index is 0.329. The second-order valence-electron chi connectivity index (χ2n) is 7.83. The molecule has 0 radical (unpaired) electrons. The lowest BCUT2D eigenvalue weighted by atomic mass is 9.90. The summed E-state index contributed by atoms with van der Waals surface area (Å²) >= 11 is 0. The molecule has 142 valence electrons. The van der Waals surface area contributed by atoms with Crippen molar-refractivity contribution >= 4 is 0 Å². The standard InChI is InChI=1S/C24H26N4/c25-11-14-28(23-9-3-6-17-7-4-12-27-24(17)23)16-22-21-15-18-5-1-2-8-19(18)20(21)10-13-26-22/h1-2,4-5,7-8,10,12-13,23H,3,6,9,11,14-16,25H2. The predicted molar refractivity (Wildman–Crippen MR) is 112 cm³/mol. The average molecular weight is 371 g/mol. The van der Waals surface area contributed by atoms with E-state index in [2.05, 4.69) is 47.4 Å². The van der Waals surface area contributed by atoms with E-state index in [1.54, 1.807) is 0 Å². The fourth-order valence-electron chi connectivity index (χ4n) is 4.89. The average Bonchev–Trinajstić information content (AvgIpc) is 3.13. The van der Waals surface area contributed by atoms with E-state index in [1.165, 1.54) is 45.6 Å². The van der Waals surface area contributed by atoms with Gasteiger partial charge in [-0.2, -0.15) is 0 Å². The number of hydrogen-bond donors (Lipinski definition) is 1. The van der Waals surface area contributed by atoms with Gasteiger partial charge >= 0.3 is 0 Å². The molecule has 2 aliphatic carbocycles. The van der Waals surface area contributed by atoms with E-state index in [0.717, 1.165) is 32.4 Å². The summed E-state index contributed by atoms with van der Waals surface area (Å²) < 4.78 is 0. The van der Waals surface area contributed by atoms with Crippen LogP contribution < -0.4 is 5.73 Å². The van der Waals surface area contributed by atoms with Crippen LogP contribution in [0.25, 0.3) is 11.1 Å². The minimum Gasteiger partial charge on any atom is -0.329 e. The number of aryl methyl sites for hydroxylation is 1. The highest BCUT2D eigenvalue weighted by Crippen LogP contribution is 2.39. The van der Waals surface area contributed by atoms with Gasteiger partial charge in [-0.05, 0) is 59.2 Å². The van der Waals surface area contributed by atoms with Crippen LogP contribution in [0.2, 0.25) is 0 Å². The molecule has 1 unspecified atom stereocenters. The van der Waals surface area contributed by atoms with Crippen LogP contribution >= 0.6 is 0 Å². The zero-order chi connectivity index (χ0) is 18.9. The Morgan fingerprint density at radius 3 is 2.79 bits per heavy atom. The summed E-state index contributed by atoms with van der Waals surface area (Å²) in [5.41, 5.74) is 15.3. The van der Waals surface area contributed by atoms with Gasteiger partial charge < -0.3 is 5.73 Å². The molecule has 2 aromatic heterocycles. The van der Waals surface area contributed by atoms with Crippen LogP contribution in [0.1, 0.15) is 47.0 Å². The Morgan fingerprint density at radius 1 is 0.964 bits per heavy atom. The third kappa shape index (κ3) is 3.03. The molecule has 0 bridgehead atoms. The molecular formula is C24H26N4. The first-order chi connectivity index (χ1) is 13.8. The van der Waals surface area contributed by atoms with E-state index in [1.807, 2.05) is 12.4 Å². The maximum absolute atomic E-state index is 6.01. The minimum atomic E-state index is 0.329. The lowest BCUT2D eigenvalue weighted by Crippen LogP contribution is -2.36. The van der Waals surface area contributed by atoms with Crippen LogP contribution in [0, 0.1) is 0 Å². The molecule has 4 nitrogen and oxygen atoms in total. The van der Waals surface area contributed by atoms with Gasteiger partial charge in [-0.3, -0.25) is 14.9 Å². The lowest BCUT2D eigenvalue weighted by Gasteiger charge is -2.35. The maximum Gasteiger partial charge on any atom is 0.0607 e. The first kappa shape index (κ1) is 17.5. The maximum atomic E-state index is 6.01. The third-order valence-electron chi connectivity index (χ3n) is 6.20. The topological polar surface area (TPSA) is 55.0 Å². The van der Waals surface area contributed by atoms with Gasteiger partial charge in [0, 0.05) is 38.4 Å². The number of benzene rings is 1. The van der Waals surface area contributed by atoms with Crippen molar-refractivity contribution in [3.8, 4) is 11.1 Å².